The van der Waals surface area contributed by atoms with Crippen LogP contribution >= 0.6 is 11.3 Å². The van der Waals surface area contributed by atoms with Crippen molar-refractivity contribution in [3.8, 4) is 22.3 Å². The van der Waals surface area contributed by atoms with Crippen molar-refractivity contribution >= 4 is 72.0 Å². The van der Waals surface area contributed by atoms with Crippen LogP contribution in [0.25, 0.3) is 42.4 Å². The minimum absolute atomic E-state index is 0.00814. The summed E-state index contributed by atoms with van der Waals surface area (Å²) in [4.78, 5) is 5.92. The van der Waals surface area contributed by atoms with Crippen LogP contribution in [0.15, 0.2) is 84.9 Å². The molecule has 1 fully saturated rings. The molecule has 1 saturated carbocycles. The largest absolute Gasteiger partial charge is 0.376 e. The fourth-order valence-corrected chi connectivity index (χ4v) is 16.1. The SMILES string of the molecule is Cc1cc(C(C)(C)C)ccc1N1B2c3cc(C(C)(C)C)cc4c3N(c3c2c(cc2c3-c3ccccc3C2(C)C)-c2ccc3sc5cc6c(cc5c3c21)C(C)(C)CCC6(C)C)C1(C)CCCCC41C. The average Bonchev–Trinajstić information content (AvgIpc) is 3.83. The Morgan fingerprint density at radius 1 is 0.559 bits per heavy atom. The van der Waals surface area contributed by atoms with Crippen LogP contribution in [0.3, 0.4) is 0 Å². The molecule has 2 unspecified atom stereocenters. The van der Waals surface area contributed by atoms with Crippen molar-refractivity contribution in [3.63, 3.8) is 0 Å². The quantitative estimate of drug-likeness (QED) is 0.151. The van der Waals surface area contributed by atoms with Crippen LogP contribution in [-0.2, 0) is 32.5 Å². The van der Waals surface area contributed by atoms with Gasteiger partial charge in [0, 0.05) is 64.9 Å². The van der Waals surface area contributed by atoms with Crippen molar-refractivity contribution < 1.29 is 0 Å². The van der Waals surface area contributed by atoms with Gasteiger partial charge in [0.05, 0.1) is 5.54 Å². The first-order chi connectivity index (χ1) is 31.9. The van der Waals surface area contributed by atoms with Gasteiger partial charge in [0.2, 0.25) is 0 Å². The Hall–Kier alpha value is -4.80. The van der Waals surface area contributed by atoms with Gasteiger partial charge < -0.3 is 9.71 Å². The summed E-state index contributed by atoms with van der Waals surface area (Å²) in [5.74, 6) is 0. The van der Waals surface area contributed by atoms with Crippen LogP contribution in [0.5, 0.6) is 0 Å². The average molecular weight is 911 g/mol. The van der Waals surface area contributed by atoms with Crippen molar-refractivity contribution in [2.45, 2.75) is 180 Å². The van der Waals surface area contributed by atoms with Crippen molar-refractivity contribution in [2.75, 3.05) is 9.71 Å². The predicted molar refractivity (Wildman–Crippen MR) is 296 cm³/mol. The summed E-state index contributed by atoms with van der Waals surface area (Å²) in [6.45, 7) is 37.1. The Balaban J connectivity index is 1.25. The molecule has 7 aromatic rings. The molecule has 68 heavy (non-hydrogen) atoms. The molecule has 6 aliphatic rings. The normalized spacial score (nSPS) is 23.2. The van der Waals surface area contributed by atoms with Gasteiger partial charge in [0.1, 0.15) is 0 Å². The summed E-state index contributed by atoms with van der Waals surface area (Å²) in [6.07, 6.45) is 7.35. The molecule has 1 aromatic heterocycles. The molecular formula is C64H71BN2S. The lowest BCUT2D eigenvalue weighted by Crippen LogP contribution is -2.65. The first-order valence-corrected chi connectivity index (χ1v) is 27.0. The zero-order valence-corrected chi connectivity index (χ0v) is 44.5. The maximum absolute atomic E-state index is 3.00. The van der Waals surface area contributed by atoms with E-state index in [0.717, 1.165) is 0 Å². The first-order valence-electron chi connectivity index (χ1n) is 26.1. The highest BCUT2D eigenvalue weighted by Gasteiger charge is 2.63. The van der Waals surface area contributed by atoms with Crippen molar-refractivity contribution in [3.05, 3.63) is 129 Å². The maximum atomic E-state index is 3.00. The highest BCUT2D eigenvalue weighted by Crippen LogP contribution is 2.66. The highest BCUT2D eigenvalue weighted by molar-refractivity contribution is 7.26. The lowest BCUT2D eigenvalue weighted by molar-refractivity contribution is 0.195. The molecule has 13 rings (SSSR count). The minimum atomic E-state index is -0.157. The fraction of sp³-hybridized carbons (Fsp3) is 0.438. The molecule has 0 saturated heterocycles. The molecule has 0 amide bonds. The van der Waals surface area contributed by atoms with Gasteiger partial charge in [-0.05, 0) is 158 Å². The van der Waals surface area contributed by atoms with Gasteiger partial charge in [-0.25, -0.2) is 0 Å². The van der Waals surface area contributed by atoms with E-state index in [1.807, 2.05) is 11.3 Å². The lowest BCUT2D eigenvalue weighted by atomic mass is 9.42. The number of rotatable bonds is 1. The van der Waals surface area contributed by atoms with E-state index in [-0.39, 0.29) is 44.9 Å². The van der Waals surface area contributed by atoms with E-state index >= 15 is 0 Å². The van der Waals surface area contributed by atoms with Crippen LogP contribution in [0, 0.1) is 6.92 Å². The molecule has 0 radical (unpaired) electrons. The van der Waals surface area contributed by atoms with Crippen LogP contribution in [0.4, 0.5) is 22.7 Å². The molecule has 2 atom stereocenters. The third-order valence-electron chi connectivity index (χ3n) is 19.5. The summed E-state index contributed by atoms with van der Waals surface area (Å²) < 4.78 is 2.81. The van der Waals surface area contributed by atoms with E-state index < -0.39 is 0 Å². The molecular weight excluding hydrogens is 840 g/mol. The van der Waals surface area contributed by atoms with Crippen LogP contribution < -0.4 is 20.6 Å². The molecule has 3 aliphatic heterocycles. The Kier molecular flexibility index (Phi) is 8.35. The standard InChI is InChI=1S/C64H71BN2S/c1-36-30-37(58(2,3)4)22-24-49(36)67-55-39(23-25-50-53(55)42-34-44-45(35-51(42)68-50)61(10,11)29-28-60(44,8)9)41-33-46-52(40-20-16-17-21-43(40)62(46,12)13)57-54(41)65(67)48-32-38(59(5,6)7)31-47-56(48)66(57)64(15)27-19-18-26-63(47,64)14/h16-17,20-25,30-35H,18-19,26-29H2,1-15H3. The van der Waals surface area contributed by atoms with Crippen molar-refractivity contribution in [1.29, 1.82) is 0 Å². The second-order valence-electron chi connectivity index (χ2n) is 26.8. The van der Waals surface area contributed by atoms with Crippen molar-refractivity contribution in [1.82, 2.24) is 0 Å². The Bertz CT molecular complexity index is 3420. The predicted octanol–water partition coefficient (Wildman–Crippen LogP) is 16.6. The van der Waals surface area contributed by atoms with Gasteiger partial charge in [0.25, 0.3) is 0 Å². The Labute approximate surface area is 411 Å². The Morgan fingerprint density at radius 2 is 1.25 bits per heavy atom. The van der Waals surface area contributed by atoms with Gasteiger partial charge in [-0.1, -0.05) is 157 Å². The first kappa shape index (κ1) is 43.2. The van der Waals surface area contributed by atoms with E-state index in [4.69, 9.17) is 0 Å². The fourth-order valence-electron chi connectivity index (χ4n) is 15.0. The Morgan fingerprint density at radius 3 is 1.96 bits per heavy atom. The number of hydrogen-bond acceptors (Lipinski definition) is 3. The smallest absolute Gasteiger partial charge is 0.333 e. The number of thiophene rings is 1. The number of hydrogen-bond donors (Lipinski definition) is 0. The number of nitrogens with zero attached hydrogens (tertiary/aromatic N) is 2. The third kappa shape index (κ3) is 5.27. The zero-order valence-electron chi connectivity index (χ0n) is 43.7. The molecule has 4 heterocycles. The summed E-state index contributed by atoms with van der Waals surface area (Å²) >= 11 is 2.02. The van der Waals surface area contributed by atoms with E-state index in [0.29, 0.717) is 0 Å². The van der Waals surface area contributed by atoms with Gasteiger partial charge in [-0.3, -0.25) is 0 Å². The number of fused-ring (bicyclic) bond motifs is 16. The van der Waals surface area contributed by atoms with Gasteiger partial charge in [0.15, 0.2) is 0 Å². The summed E-state index contributed by atoms with van der Waals surface area (Å²) in [5, 5.41) is 2.85. The zero-order chi connectivity index (χ0) is 47.8. The third-order valence-corrected chi connectivity index (χ3v) is 20.6. The van der Waals surface area contributed by atoms with E-state index in [1.54, 1.807) is 16.7 Å². The molecule has 3 aliphatic carbocycles. The number of benzene rings is 6. The molecule has 6 aromatic carbocycles. The highest BCUT2D eigenvalue weighted by atomic mass is 32.1. The summed E-state index contributed by atoms with van der Waals surface area (Å²) in [7, 11) is 0. The molecule has 0 bridgehead atoms. The van der Waals surface area contributed by atoms with E-state index in [1.165, 1.54) is 142 Å². The second-order valence-corrected chi connectivity index (χ2v) is 27.8. The molecule has 346 valence electrons. The van der Waals surface area contributed by atoms with Crippen molar-refractivity contribution in [2.24, 2.45) is 0 Å². The van der Waals surface area contributed by atoms with Gasteiger partial charge in [-0.15, -0.1) is 11.3 Å². The molecule has 2 nitrogen and oxygen atoms in total. The van der Waals surface area contributed by atoms with Gasteiger partial charge in [-0.2, -0.15) is 0 Å². The topological polar surface area (TPSA) is 6.48 Å². The number of anilines is 4. The van der Waals surface area contributed by atoms with Gasteiger partial charge >= 0.3 is 6.85 Å². The van der Waals surface area contributed by atoms with Crippen LogP contribution in [0.2, 0.25) is 0 Å². The summed E-state index contributed by atoms with van der Waals surface area (Å²) in [5.41, 5.74) is 26.2. The second kappa shape index (κ2) is 13.1. The van der Waals surface area contributed by atoms with E-state index in [2.05, 4.69) is 198 Å². The minimum Gasteiger partial charge on any atom is -0.376 e. The summed E-state index contributed by atoms with van der Waals surface area (Å²) in [6, 6.07) is 35.4. The van der Waals surface area contributed by atoms with Crippen LogP contribution in [0.1, 0.15) is 180 Å². The molecule has 0 spiro atoms. The maximum Gasteiger partial charge on any atom is 0.333 e. The lowest BCUT2D eigenvalue weighted by Gasteiger charge is -2.54. The molecule has 4 heteroatoms. The molecule has 0 N–H and O–H groups in total. The van der Waals surface area contributed by atoms with E-state index in [9.17, 15) is 0 Å². The monoisotopic (exact) mass is 911 g/mol. The number of aryl methyl sites for hydroxylation is 1. The van der Waals surface area contributed by atoms with Crippen LogP contribution in [-0.4, -0.2) is 12.4 Å².